The van der Waals surface area contributed by atoms with Crippen LogP contribution in [0, 0.1) is 6.92 Å². The molecule has 1 aliphatic rings. The number of aryl methyl sites for hydroxylation is 1. The number of nitrogen functional groups attached to an aromatic ring is 1. The predicted molar refractivity (Wildman–Crippen MR) is 80.2 cm³/mol. The summed E-state index contributed by atoms with van der Waals surface area (Å²) in [5.41, 5.74) is 7.13. The molecule has 104 valence electrons. The number of H-pyrrole nitrogens is 1. The van der Waals surface area contributed by atoms with Crippen molar-refractivity contribution in [2.45, 2.75) is 25.7 Å². The summed E-state index contributed by atoms with van der Waals surface area (Å²) in [5.74, 6) is 1.87. The van der Waals surface area contributed by atoms with E-state index in [0.29, 0.717) is 23.2 Å². The number of aromatic nitrogens is 2. The zero-order valence-electron chi connectivity index (χ0n) is 10.9. The van der Waals surface area contributed by atoms with Gasteiger partial charge in [-0.1, -0.05) is 15.9 Å². The molecule has 0 saturated heterocycles. The normalized spacial score (nSPS) is 14.3. The summed E-state index contributed by atoms with van der Waals surface area (Å²) < 4.78 is 6.60. The van der Waals surface area contributed by atoms with Crippen LogP contribution in [0.5, 0.6) is 11.6 Å². The second kappa shape index (κ2) is 4.94. The van der Waals surface area contributed by atoms with E-state index in [4.69, 9.17) is 10.5 Å². The molecular weight excluding hydrogens is 322 g/mol. The topological polar surface area (TPSA) is 81.0 Å². The van der Waals surface area contributed by atoms with Gasteiger partial charge < -0.3 is 15.5 Å². The van der Waals surface area contributed by atoms with Crippen LogP contribution in [0.25, 0.3) is 0 Å². The highest BCUT2D eigenvalue weighted by Gasteiger charge is 2.26. The summed E-state index contributed by atoms with van der Waals surface area (Å²) in [6.45, 7) is 1.89. The van der Waals surface area contributed by atoms with Gasteiger partial charge in [0.05, 0.1) is 11.8 Å². The van der Waals surface area contributed by atoms with Crippen LogP contribution in [-0.4, -0.2) is 9.97 Å². The number of hydrogen-bond acceptors (Lipinski definition) is 4. The number of nitrogens with zero attached hydrogens (tertiary/aromatic N) is 1. The molecule has 1 aliphatic carbocycles. The minimum atomic E-state index is -0.203. The Labute approximate surface area is 124 Å². The summed E-state index contributed by atoms with van der Waals surface area (Å²) in [7, 11) is 0. The Balaban J connectivity index is 1.97. The first-order valence-electron chi connectivity index (χ1n) is 6.37. The van der Waals surface area contributed by atoms with Crippen LogP contribution in [0.2, 0.25) is 0 Å². The highest BCUT2D eigenvalue weighted by molar-refractivity contribution is 9.10. The molecular formula is C14H14BrN3O2. The van der Waals surface area contributed by atoms with Crippen molar-refractivity contribution in [2.24, 2.45) is 0 Å². The number of aromatic amines is 1. The SMILES string of the molecule is Cc1cc(Br)cc(N)c1Oc1cc(=O)[nH]c(C2CC2)n1. The minimum absolute atomic E-state index is 0.203. The quantitative estimate of drug-likeness (QED) is 0.844. The zero-order chi connectivity index (χ0) is 14.3. The van der Waals surface area contributed by atoms with Gasteiger partial charge >= 0.3 is 0 Å². The molecule has 0 bridgehead atoms. The molecule has 5 nitrogen and oxygen atoms in total. The molecule has 1 heterocycles. The van der Waals surface area contributed by atoms with Gasteiger partial charge in [-0.25, -0.2) is 0 Å². The van der Waals surface area contributed by atoms with Crippen molar-refractivity contribution in [1.82, 2.24) is 9.97 Å². The fraction of sp³-hybridized carbons (Fsp3) is 0.286. The van der Waals surface area contributed by atoms with Crippen molar-refractivity contribution < 1.29 is 4.74 Å². The largest absolute Gasteiger partial charge is 0.436 e. The van der Waals surface area contributed by atoms with Gasteiger partial charge in [0.25, 0.3) is 5.56 Å². The first-order valence-corrected chi connectivity index (χ1v) is 7.17. The molecule has 1 fully saturated rings. The Hall–Kier alpha value is -1.82. The fourth-order valence-corrected chi connectivity index (χ4v) is 2.65. The third-order valence-corrected chi connectivity index (χ3v) is 3.63. The van der Waals surface area contributed by atoms with E-state index in [1.165, 1.54) is 6.07 Å². The highest BCUT2D eigenvalue weighted by Crippen LogP contribution is 2.38. The zero-order valence-corrected chi connectivity index (χ0v) is 12.5. The van der Waals surface area contributed by atoms with Crippen LogP contribution < -0.4 is 16.0 Å². The molecule has 0 radical (unpaired) electrons. The smallest absolute Gasteiger partial charge is 0.254 e. The van der Waals surface area contributed by atoms with Crippen molar-refractivity contribution in [3.05, 3.63) is 44.4 Å². The van der Waals surface area contributed by atoms with E-state index in [0.717, 1.165) is 22.9 Å². The predicted octanol–water partition coefficient (Wildman–Crippen LogP) is 3.09. The molecule has 1 aromatic carbocycles. The standard InChI is InChI=1S/C14H14BrN3O2/c1-7-4-9(15)5-10(16)13(7)20-12-6-11(19)17-14(18-12)8-2-3-8/h4-6,8H,2-3,16H2,1H3,(H,17,18,19). The summed E-state index contributed by atoms with van der Waals surface area (Å²) in [6.07, 6.45) is 2.12. The average molecular weight is 336 g/mol. The number of nitrogens with one attached hydrogen (secondary N) is 1. The number of benzene rings is 1. The van der Waals surface area contributed by atoms with Gasteiger partial charge in [-0.15, -0.1) is 0 Å². The summed E-state index contributed by atoms with van der Waals surface area (Å²) in [4.78, 5) is 18.7. The molecule has 0 aliphatic heterocycles. The Morgan fingerprint density at radius 2 is 2.15 bits per heavy atom. The average Bonchev–Trinajstić information content (AvgIpc) is 3.17. The van der Waals surface area contributed by atoms with Gasteiger partial charge in [-0.3, -0.25) is 4.79 Å². The lowest BCUT2D eigenvalue weighted by molar-refractivity contribution is 0.456. The Bertz CT molecular complexity index is 700. The molecule has 0 atom stereocenters. The molecule has 0 amide bonds. The van der Waals surface area contributed by atoms with Gasteiger partial charge in [0, 0.05) is 10.4 Å². The lowest BCUT2D eigenvalue weighted by Crippen LogP contribution is -2.10. The molecule has 1 aromatic heterocycles. The maximum Gasteiger partial charge on any atom is 0.254 e. The number of halogens is 1. The van der Waals surface area contributed by atoms with E-state index in [1.54, 1.807) is 6.07 Å². The van der Waals surface area contributed by atoms with Crippen molar-refractivity contribution in [2.75, 3.05) is 5.73 Å². The minimum Gasteiger partial charge on any atom is -0.436 e. The van der Waals surface area contributed by atoms with Gasteiger partial charge in [0.1, 0.15) is 5.82 Å². The molecule has 2 aromatic rings. The second-order valence-electron chi connectivity index (χ2n) is 4.99. The van der Waals surface area contributed by atoms with Crippen LogP contribution in [0.15, 0.2) is 27.5 Å². The third-order valence-electron chi connectivity index (χ3n) is 3.18. The maximum absolute atomic E-state index is 11.6. The van der Waals surface area contributed by atoms with Crippen molar-refractivity contribution in [1.29, 1.82) is 0 Å². The van der Waals surface area contributed by atoms with Crippen LogP contribution in [-0.2, 0) is 0 Å². The molecule has 20 heavy (non-hydrogen) atoms. The van der Waals surface area contributed by atoms with Crippen molar-refractivity contribution in [3.63, 3.8) is 0 Å². The molecule has 6 heteroatoms. The van der Waals surface area contributed by atoms with E-state index >= 15 is 0 Å². The third kappa shape index (κ3) is 2.70. The van der Waals surface area contributed by atoms with E-state index < -0.39 is 0 Å². The Kier molecular flexibility index (Phi) is 3.25. The van der Waals surface area contributed by atoms with Crippen LogP contribution in [0.1, 0.15) is 30.1 Å². The summed E-state index contributed by atoms with van der Waals surface area (Å²) in [6, 6.07) is 5.00. The number of nitrogens with two attached hydrogens (primary N) is 1. The lowest BCUT2D eigenvalue weighted by Gasteiger charge is -2.11. The van der Waals surface area contributed by atoms with E-state index in [1.807, 2.05) is 13.0 Å². The van der Waals surface area contributed by atoms with Crippen LogP contribution in [0.4, 0.5) is 5.69 Å². The molecule has 3 rings (SSSR count). The number of hydrogen-bond donors (Lipinski definition) is 2. The molecule has 0 unspecified atom stereocenters. The summed E-state index contributed by atoms with van der Waals surface area (Å²) >= 11 is 3.38. The van der Waals surface area contributed by atoms with Crippen LogP contribution >= 0.6 is 15.9 Å². The molecule has 1 saturated carbocycles. The Morgan fingerprint density at radius 1 is 1.40 bits per heavy atom. The first kappa shape index (κ1) is 13.2. The number of rotatable bonds is 3. The highest BCUT2D eigenvalue weighted by atomic mass is 79.9. The maximum atomic E-state index is 11.6. The van der Waals surface area contributed by atoms with Crippen molar-refractivity contribution in [3.8, 4) is 11.6 Å². The summed E-state index contributed by atoms with van der Waals surface area (Å²) in [5, 5.41) is 0. The van der Waals surface area contributed by atoms with Crippen LogP contribution in [0.3, 0.4) is 0 Å². The van der Waals surface area contributed by atoms with Gasteiger partial charge in [0.2, 0.25) is 5.88 Å². The number of ether oxygens (including phenoxy) is 1. The van der Waals surface area contributed by atoms with E-state index in [2.05, 4.69) is 25.9 Å². The fourth-order valence-electron chi connectivity index (χ4n) is 2.06. The van der Waals surface area contributed by atoms with Gasteiger partial charge in [0.15, 0.2) is 5.75 Å². The second-order valence-corrected chi connectivity index (χ2v) is 5.90. The van der Waals surface area contributed by atoms with Crippen molar-refractivity contribution >= 4 is 21.6 Å². The van der Waals surface area contributed by atoms with Gasteiger partial charge in [-0.2, -0.15) is 4.98 Å². The lowest BCUT2D eigenvalue weighted by atomic mass is 10.2. The number of anilines is 1. The van der Waals surface area contributed by atoms with E-state index in [9.17, 15) is 4.79 Å². The molecule has 0 spiro atoms. The molecule has 3 N–H and O–H groups in total. The monoisotopic (exact) mass is 335 g/mol. The van der Waals surface area contributed by atoms with Gasteiger partial charge in [-0.05, 0) is 37.5 Å². The Morgan fingerprint density at radius 3 is 2.80 bits per heavy atom. The van der Waals surface area contributed by atoms with E-state index in [-0.39, 0.29) is 11.4 Å². The first-order chi connectivity index (χ1) is 9.52.